The normalized spacial score (nSPS) is 16.9. The van der Waals surface area contributed by atoms with Crippen LogP contribution in [0.2, 0.25) is 0 Å². The van der Waals surface area contributed by atoms with E-state index < -0.39 is 5.97 Å². The first-order valence-electron chi connectivity index (χ1n) is 5.17. The van der Waals surface area contributed by atoms with E-state index in [1.165, 1.54) is 11.1 Å². The van der Waals surface area contributed by atoms with Gasteiger partial charge in [-0.2, -0.15) is 0 Å². The first-order chi connectivity index (χ1) is 7.24. The average molecular weight is 204 g/mol. The fraction of sp³-hybridized carbons (Fsp3) is 0.308. The van der Waals surface area contributed by atoms with E-state index in [0.29, 0.717) is 0 Å². The first-order valence-corrected chi connectivity index (χ1v) is 5.17. The molecule has 2 rings (SSSR count). The molecule has 0 aromatic carbocycles. The lowest BCUT2D eigenvalue weighted by atomic mass is 10.1. The molecule has 0 saturated carbocycles. The van der Waals surface area contributed by atoms with E-state index in [-0.39, 0.29) is 6.42 Å². The highest BCUT2D eigenvalue weighted by Gasteiger charge is 2.05. The lowest BCUT2D eigenvalue weighted by Crippen LogP contribution is -1.86. The Labute approximate surface area is 90.3 Å². The Hall–Kier alpha value is -1.57. The van der Waals surface area contributed by atoms with E-state index in [2.05, 4.69) is 36.5 Å². The number of allylic oxidation sites excluding steroid dienone is 8. The lowest BCUT2D eigenvalue weighted by Gasteiger charge is -1.99. The van der Waals surface area contributed by atoms with Gasteiger partial charge in [-0.15, -0.1) is 0 Å². The van der Waals surface area contributed by atoms with Crippen molar-refractivity contribution in [2.24, 2.45) is 0 Å². The third-order valence-electron chi connectivity index (χ3n) is 2.26. The summed E-state index contributed by atoms with van der Waals surface area (Å²) in [4.78, 5) is 9.37. The molecule has 2 aliphatic carbocycles. The van der Waals surface area contributed by atoms with Gasteiger partial charge in [0.2, 0.25) is 0 Å². The molecule has 2 heteroatoms. The van der Waals surface area contributed by atoms with Gasteiger partial charge >= 0.3 is 5.97 Å². The molecular weight excluding hydrogens is 188 g/mol. The number of hydrogen-bond acceptors (Lipinski definition) is 1. The van der Waals surface area contributed by atoms with E-state index in [0.717, 1.165) is 12.8 Å². The van der Waals surface area contributed by atoms with Gasteiger partial charge < -0.3 is 5.11 Å². The highest BCUT2D eigenvalue weighted by Crippen LogP contribution is 2.25. The minimum absolute atomic E-state index is 0.222. The number of carboxylic acid groups (broad SMARTS) is 1. The SMILES string of the molecule is C1=CCC(C2=CC=CC2)=C1.CCC(=O)O. The van der Waals surface area contributed by atoms with E-state index in [9.17, 15) is 4.79 Å². The molecule has 1 N–H and O–H groups in total. The zero-order valence-corrected chi connectivity index (χ0v) is 8.94. The predicted octanol–water partition coefficient (Wildman–Crippen LogP) is 3.24. The zero-order valence-electron chi connectivity index (χ0n) is 8.94. The van der Waals surface area contributed by atoms with Crippen LogP contribution in [0, 0.1) is 0 Å². The van der Waals surface area contributed by atoms with E-state index >= 15 is 0 Å². The monoisotopic (exact) mass is 204 g/mol. The summed E-state index contributed by atoms with van der Waals surface area (Å²) in [5, 5.41) is 7.72. The van der Waals surface area contributed by atoms with Gasteiger partial charge in [0.15, 0.2) is 0 Å². The van der Waals surface area contributed by atoms with Crippen LogP contribution in [0.15, 0.2) is 47.6 Å². The molecule has 0 amide bonds. The summed E-state index contributed by atoms with van der Waals surface area (Å²) >= 11 is 0. The second-order valence-corrected chi connectivity index (χ2v) is 3.40. The summed E-state index contributed by atoms with van der Waals surface area (Å²) in [6, 6.07) is 0. The Bertz CT molecular complexity index is 316. The Morgan fingerprint density at radius 1 is 1.20 bits per heavy atom. The van der Waals surface area contributed by atoms with Gasteiger partial charge in [-0.25, -0.2) is 0 Å². The van der Waals surface area contributed by atoms with Gasteiger partial charge in [0.25, 0.3) is 0 Å². The van der Waals surface area contributed by atoms with Crippen LogP contribution in [-0.4, -0.2) is 11.1 Å². The minimum atomic E-state index is -0.745. The van der Waals surface area contributed by atoms with Crippen LogP contribution in [-0.2, 0) is 4.79 Å². The summed E-state index contributed by atoms with van der Waals surface area (Å²) < 4.78 is 0. The molecule has 2 aliphatic rings. The van der Waals surface area contributed by atoms with Gasteiger partial charge in [-0.05, 0) is 24.0 Å². The first kappa shape index (κ1) is 11.5. The summed E-state index contributed by atoms with van der Waals surface area (Å²) in [6.45, 7) is 1.60. The van der Waals surface area contributed by atoms with Crippen LogP contribution >= 0.6 is 0 Å². The molecular formula is C13H16O2. The molecule has 0 unspecified atom stereocenters. The second kappa shape index (κ2) is 6.02. The van der Waals surface area contributed by atoms with E-state index in [1.54, 1.807) is 6.92 Å². The maximum absolute atomic E-state index is 9.37. The van der Waals surface area contributed by atoms with Crippen molar-refractivity contribution in [3.05, 3.63) is 47.6 Å². The van der Waals surface area contributed by atoms with Crippen molar-refractivity contribution >= 4 is 5.97 Å². The van der Waals surface area contributed by atoms with Gasteiger partial charge in [0.05, 0.1) is 0 Å². The van der Waals surface area contributed by atoms with Crippen LogP contribution in [0.1, 0.15) is 26.2 Å². The Balaban J connectivity index is 0.000000195. The topological polar surface area (TPSA) is 37.3 Å². The molecule has 0 radical (unpaired) electrons. The van der Waals surface area contributed by atoms with Crippen LogP contribution in [0.4, 0.5) is 0 Å². The molecule has 2 nitrogen and oxygen atoms in total. The molecule has 0 saturated heterocycles. The van der Waals surface area contributed by atoms with E-state index in [4.69, 9.17) is 5.11 Å². The molecule has 0 atom stereocenters. The highest BCUT2D eigenvalue weighted by molar-refractivity contribution is 5.66. The molecule has 0 spiro atoms. The maximum atomic E-state index is 9.37. The standard InChI is InChI=1S/C10H10.C3H6O2/c1-2-6-9(5-1)10-7-3-4-8-10;1-2-3(4)5/h1-5,7H,6,8H2;2H2,1H3,(H,4,5). The second-order valence-electron chi connectivity index (χ2n) is 3.40. The van der Waals surface area contributed by atoms with Crippen molar-refractivity contribution in [3.63, 3.8) is 0 Å². The van der Waals surface area contributed by atoms with Gasteiger partial charge in [-0.1, -0.05) is 43.4 Å². The minimum Gasteiger partial charge on any atom is -0.481 e. The average Bonchev–Trinajstić information content (AvgIpc) is 2.90. The molecule has 0 aliphatic heterocycles. The van der Waals surface area contributed by atoms with Gasteiger partial charge in [0.1, 0.15) is 0 Å². The van der Waals surface area contributed by atoms with Crippen molar-refractivity contribution in [2.45, 2.75) is 26.2 Å². The summed E-state index contributed by atoms with van der Waals surface area (Å²) in [5.41, 5.74) is 2.98. The molecule has 0 fully saturated rings. The Kier molecular flexibility index (Phi) is 4.61. The number of hydrogen-bond donors (Lipinski definition) is 1. The van der Waals surface area contributed by atoms with E-state index in [1.807, 2.05) is 0 Å². The summed E-state index contributed by atoms with van der Waals surface area (Å²) in [6.07, 6.45) is 15.6. The molecule has 0 heterocycles. The zero-order chi connectivity index (χ0) is 11.1. The number of carboxylic acids is 1. The summed E-state index contributed by atoms with van der Waals surface area (Å²) in [7, 11) is 0. The number of carbonyl (C=O) groups is 1. The van der Waals surface area contributed by atoms with Crippen LogP contribution in [0.25, 0.3) is 0 Å². The molecule has 0 bridgehead atoms. The van der Waals surface area contributed by atoms with Crippen LogP contribution < -0.4 is 0 Å². The maximum Gasteiger partial charge on any atom is 0.303 e. The lowest BCUT2D eigenvalue weighted by molar-refractivity contribution is -0.136. The van der Waals surface area contributed by atoms with Crippen molar-refractivity contribution in [3.8, 4) is 0 Å². The molecule has 0 aromatic heterocycles. The Morgan fingerprint density at radius 3 is 1.80 bits per heavy atom. The fourth-order valence-electron chi connectivity index (χ4n) is 1.37. The fourth-order valence-corrected chi connectivity index (χ4v) is 1.37. The highest BCUT2D eigenvalue weighted by atomic mass is 16.4. The molecule has 15 heavy (non-hydrogen) atoms. The molecule has 80 valence electrons. The summed E-state index contributed by atoms with van der Waals surface area (Å²) in [5.74, 6) is -0.745. The number of rotatable bonds is 2. The van der Waals surface area contributed by atoms with Gasteiger partial charge in [0, 0.05) is 6.42 Å². The Morgan fingerprint density at radius 2 is 1.60 bits per heavy atom. The van der Waals surface area contributed by atoms with Crippen LogP contribution in [0.5, 0.6) is 0 Å². The number of aliphatic carboxylic acids is 1. The molecule has 0 aromatic rings. The van der Waals surface area contributed by atoms with Crippen LogP contribution in [0.3, 0.4) is 0 Å². The van der Waals surface area contributed by atoms with Crippen molar-refractivity contribution in [1.82, 2.24) is 0 Å². The van der Waals surface area contributed by atoms with Crippen molar-refractivity contribution in [1.29, 1.82) is 0 Å². The third-order valence-corrected chi connectivity index (χ3v) is 2.26. The van der Waals surface area contributed by atoms with Gasteiger partial charge in [-0.3, -0.25) is 4.79 Å². The smallest absolute Gasteiger partial charge is 0.303 e. The quantitative estimate of drug-likeness (QED) is 0.749. The van der Waals surface area contributed by atoms with Crippen molar-refractivity contribution in [2.75, 3.05) is 0 Å². The largest absolute Gasteiger partial charge is 0.481 e. The predicted molar refractivity (Wildman–Crippen MR) is 61.6 cm³/mol. The third kappa shape index (κ3) is 3.98. The van der Waals surface area contributed by atoms with Crippen molar-refractivity contribution < 1.29 is 9.90 Å².